The molecule has 1 aliphatic rings. The minimum absolute atomic E-state index is 0.197. The molecule has 18 heavy (non-hydrogen) atoms. The molecule has 2 unspecified atom stereocenters. The summed E-state index contributed by atoms with van der Waals surface area (Å²) in [6, 6.07) is 4.67. The maximum atomic E-state index is 6.36. The molecule has 0 bridgehead atoms. The predicted octanol–water partition coefficient (Wildman–Crippen LogP) is 3.62. The number of hydrogen-bond acceptors (Lipinski definition) is 4. The van der Waals surface area contributed by atoms with Crippen LogP contribution in [-0.2, 0) is 0 Å². The van der Waals surface area contributed by atoms with E-state index < -0.39 is 0 Å². The molecule has 102 valence electrons. The Morgan fingerprint density at radius 2 is 2.22 bits per heavy atom. The van der Waals surface area contributed by atoms with Crippen LogP contribution in [0.1, 0.15) is 30.7 Å². The van der Waals surface area contributed by atoms with Gasteiger partial charge < -0.3 is 5.73 Å². The Hall–Kier alpha value is 0.260. The van der Waals surface area contributed by atoms with Gasteiger partial charge in [0.25, 0.3) is 0 Å². The van der Waals surface area contributed by atoms with Crippen molar-refractivity contribution in [1.82, 2.24) is 4.90 Å². The fourth-order valence-corrected chi connectivity index (χ4v) is 4.59. The van der Waals surface area contributed by atoms with Gasteiger partial charge in [0.05, 0.1) is 10.4 Å². The molecule has 0 saturated carbocycles. The molecule has 2 rings (SSSR count). The van der Waals surface area contributed by atoms with Gasteiger partial charge in [0.15, 0.2) is 0 Å². The number of rotatable bonds is 4. The lowest BCUT2D eigenvalue weighted by Gasteiger charge is -2.33. The minimum atomic E-state index is 0.197. The molecule has 1 aromatic heterocycles. The van der Waals surface area contributed by atoms with Crippen LogP contribution >= 0.6 is 34.7 Å². The molecule has 2 N–H and O–H groups in total. The van der Waals surface area contributed by atoms with Gasteiger partial charge in [0.2, 0.25) is 0 Å². The van der Waals surface area contributed by atoms with E-state index in [0.717, 1.165) is 23.8 Å². The van der Waals surface area contributed by atoms with Gasteiger partial charge in [0.1, 0.15) is 0 Å². The molecule has 0 radical (unpaired) electrons. The molecule has 1 fully saturated rings. The van der Waals surface area contributed by atoms with Gasteiger partial charge in [-0.2, -0.15) is 11.8 Å². The van der Waals surface area contributed by atoms with E-state index in [1.54, 1.807) is 11.3 Å². The quantitative estimate of drug-likeness (QED) is 0.921. The van der Waals surface area contributed by atoms with Crippen molar-refractivity contribution in [2.24, 2.45) is 5.73 Å². The number of halogens is 1. The summed E-state index contributed by atoms with van der Waals surface area (Å²) in [5, 5.41) is 0. The summed E-state index contributed by atoms with van der Waals surface area (Å²) < 4.78 is 0.863. The third kappa shape index (κ3) is 3.64. The zero-order chi connectivity index (χ0) is 13.0. The van der Waals surface area contributed by atoms with E-state index in [9.17, 15) is 0 Å². The summed E-state index contributed by atoms with van der Waals surface area (Å²) in [6.07, 6.45) is 2.26. The standard InChI is InChI=1S/C13H21ClN2S2/c1-2-10(15)13(11-4-5-12(14)18-11)16-6-3-8-17-9-7-16/h4-5,10,13H,2-3,6-9,15H2,1H3. The second-order valence-electron chi connectivity index (χ2n) is 4.66. The van der Waals surface area contributed by atoms with Gasteiger partial charge in [-0.25, -0.2) is 0 Å². The van der Waals surface area contributed by atoms with Crippen molar-refractivity contribution in [2.75, 3.05) is 24.6 Å². The maximum Gasteiger partial charge on any atom is 0.0931 e. The maximum absolute atomic E-state index is 6.36. The van der Waals surface area contributed by atoms with Crippen molar-refractivity contribution < 1.29 is 0 Å². The van der Waals surface area contributed by atoms with Crippen molar-refractivity contribution in [3.8, 4) is 0 Å². The molecule has 2 nitrogen and oxygen atoms in total. The second kappa shape index (κ2) is 7.15. The highest BCUT2D eigenvalue weighted by molar-refractivity contribution is 7.99. The van der Waals surface area contributed by atoms with Gasteiger partial charge in [0, 0.05) is 23.2 Å². The van der Waals surface area contributed by atoms with Crippen molar-refractivity contribution in [2.45, 2.75) is 31.8 Å². The predicted molar refractivity (Wildman–Crippen MR) is 83.9 cm³/mol. The Morgan fingerprint density at radius 1 is 1.39 bits per heavy atom. The van der Waals surface area contributed by atoms with Crippen molar-refractivity contribution >= 4 is 34.7 Å². The molecule has 1 saturated heterocycles. The molecule has 1 aliphatic heterocycles. The van der Waals surface area contributed by atoms with Gasteiger partial charge in [-0.05, 0) is 37.3 Å². The van der Waals surface area contributed by atoms with Crippen LogP contribution in [-0.4, -0.2) is 35.5 Å². The summed E-state index contributed by atoms with van der Waals surface area (Å²) >= 11 is 9.81. The first-order chi connectivity index (χ1) is 8.72. The van der Waals surface area contributed by atoms with Crippen LogP contribution in [0.15, 0.2) is 12.1 Å². The molecular formula is C13H21ClN2S2. The van der Waals surface area contributed by atoms with Gasteiger partial charge in [-0.15, -0.1) is 11.3 Å². The molecule has 2 atom stereocenters. The minimum Gasteiger partial charge on any atom is -0.326 e. The molecule has 2 heterocycles. The topological polar surface area (TPSA) is 29.3 Å². The molecule has 0 aliphatic carbocycles. The lowest BCUT2D eigenvalue weighted by Crippen LogP contribution is -2.41. The third-order valence-electron chi connectivity index (χ3n) is 3.41. The largest absolute Gasteiger partial charge is 0.326 e. The first-order valence-corrected chi connectivity index (χ1v) is 8.90. The highest BCUT2D eigenvalue weighted by Gasteiger charge is 2.27. The highest BCUT2D eigenvalue weighted by atomic mass is 35.5. The third-order valence-corrected chi connectivity index (χ3v) is 5.76. The molecule has 1 aromatic rings. The van der Waals surface area contributed by atoms with E-state index in [1.807, 2.05) is 6.07 Å². The van der Waals surface area contributed by atoms with Crippen molar-refractivity contribution in [3.63, 3.8) is 0 Å². The smallest absolute Gasteiger partial charge is 0.0931 e. The normalized spacial score (nSPS) is 21.5. The molecule has 0 spiro atoms. The van der Waals surface area contributed by atoms with Crippen LogP contribution in [0, 0.1) is 0 Å². The number of nitrogens with zero attached hydrogens (tertiary/aromatic N) is 1. The van der Waals surface area contributed by atoms with Crippen LogP contribution in [0.3, 0.4) is 0 Å². The Kier molecular flexibility index (Phi) is 5.83. The SMILES string of the molecule is CCC(N)C(c1ccc(Cl)s1)N1CCCSCC1. The molecular weight excluding hydrogens is 284 g/mol. The first-order valence-electron chi connectivity index (χ1n) is 6.55. The lowest BCUT2D eigenvalue weighted by atomic mass is 10.0. The van der Waals surface area contributed by atoms with Gasteiger partial charge >= 0.3 is 0 Å². The summed E-state index contributed by atoms with van der Waals surface area (Å²) in [5.41, 5.74) is 6.36. The van der Waals surface area contributed by atoms with Crippen LogP contribution in [0.4, 0.5) is 0 Å². The van der Waals surface area contributed by atoms with Crippen molar-refractivity contribution in [1.29, 1.82) is 0 Å². The van der Waals surface area contributed by atoms with E-state index in [2.05, 4.69) is 29.7 Å². The Bertz CT molecular complexity index is 362. The monoisotopic (exact) mass is 304 g/mol. The highest BCUT2D eigenvalue weighted by Crippen LogP contribution is 2.34. The number of hydrogen-bond donors (Lipinski definition) is 1. The zero-order valence-electron chi connectivity index (χ0n) is 10.8. The van der Waals surface area contributed by atoms with Crippen LogP contribution < -0.4 is 5.73 Å². The second-order valence-corrected chi connectivity index (χ2v) is 7.63. The van der Waals surface area contributed by atoms with Crippen LogP contribution in [0.5, 0.6) is 0 Å². The van der Waals surface area contributed by atoms with Crippen molar-refractivity contribution in [3.05, 3.63) is 21.3 Å². The molecule has 0 amide bonds. The van der Waals surface area contributed by atoms with E-state index in [1.165, 1.54) is 22.8 Å². The fraction of sp³-hybridized carbons (Fsp3) is 0.692. The van der Waals surface area contributed by atoms with E-state index in [4.69, 9.17) is 17.3 Å². The van der Waals surface area contributed by atoms with Crippen LogP contribution in [0.25, 0.3) is 0 Å². The fourth-order valence-electron chi connectivity index (χ4n) is 2.42. The number of nitrogens with two attached hydrogens (primary N) is 1. The Balaban J connectivity index is 2.18. The first kappa shape index (κ1) is 14.7. The average molecular weight is 305 g/mol. The number of thioether (sulfide) groups is 1. The van der Waals surface area contributed by atoms with Gasteiger partial charge in [-0.3, -0.25) is 4.90 Å². The van der Waals surface area contributed by atoms with Gasteiger partial charge in [-0.1, -0.05) is 18.5 Å². The summed E-state index contributed by atoms with van der Waals surface area (Å²) in [6.45, 7) is 4.46. The van der Waals surface area contributed by atoms with E-state index in [0.29, 0.717) is 6.04 Å². The lowest BCUT2D eigenvalue weighted by molar-refractivity contribution is 0.185. The molecule has 0 aromatic carbocycles. The zero-order valence-corrected chi connectivity index (χ0v) is 13.2. The van der Waals surface area contributed by atoms with Crippen LogP contribution in [0.2, 0.25) is 4.34 Å². The van der Waals surface area contributed by atoms with E-state index in [-0.39, 0.29) is 6.04 Å². The summed E-state index contributed by atoms with van der Waals surface area (Å²) in [4.78, 5) is 3.87. The Labute approximate surface area is 123 Å². The molecule has 5 heteroatoms. The Morgan fingerprint density at radius 3 is 2.89 bits per heavy atom. The summed E-state index contributed by atoms with van der Waals surface area (Å²) in [7, 11) is 0. The number of thiophene rings is 1. The average Bonchev–Trinajstić information content (AvgIpc) is 2.64. The summed E-state index contributed by atoms with van der Waals surface area (Å²) in [5.74, 6) is 2.49. The van der Waals surface area contributed by atoms with E-state index >= 15 is 0 Å².